The van der Waals surface area contributed by atoms with E-state index in [4.69, 9.17) is 18.1 Å². The van der Waals surface area contributed by atoms with Crippen molar-refractivity contribution < 1.29 is 0 Å². The topological polar surface area (TPSA) is 0 Å². The molecule has 1 aromatic rings. The zero-order chi connectivity index (χ0) is 10.3. The summed E-state index contributed by atoms with van der Waals surface area (Å²) >= 11 is -0.639. The lowest BCUT2D eigenvalue weighted by Gasteiger charge is -2.18. The van der Waals surface area contributed by atoms with Crippen LogP contribution >= 0.6 is 18.1 Å². The lowest BCUT2D eigenvalue weighted by atomic mass is 9.87. The first-order valence-electron chi connectivity index (χ1n) is 4.20. The van der Waals surface area contributed by atoms with Crippen LogP contribution in [0.25, 0.3) is 0 Å². The van der Waals surface area contributed by atoms with E-state index in [0.717, 1.165) is 0 Å². The van der Waals surface area contributed by atoms with Crippen LogP contribution in [0.1, 0.15) is 26.3 Å². The van der Waals surface area contributed by atoms with Gasteiger partial charge in [-0.15, -0.1) is 0 Å². The van der Waals surface area contributed by atoms with Gasteiger partial charge in [-0.25, -0.2) is 0 Å². The fourth-order valence-electron chi connectivity index (χ4n) is 0.938. The molecule has 13 heavy (non-hydrogen) atoms. The van der Waals surface area contributed by atoms with Gasteiger partial charge in [0.2, 0.25) is 0 Å². The number of hydrogen-bond acceptors (Lipinski definition) is 0. The minimum absolute atomic E-state index is 0.293. The Morgan fingerprint density at radius 2 is 1.38 bits per heavy atom. The summed E-state index contributed by atoms with van der Waals surface area (Å²) in [5, 5.41) is 0. The van der Waals surface area contributed by atoms with Gasteiger partial charge in [0.05, 0.1) is 0 Å². The van der Waals surface area contributed by atoms with E-state index in [2.05, 4.69) is 51.1 Å². The van der Waals surface area contributed by atoms with Gasteiger partial charge in [-0.1, -0.05) is 51.1 Å². The quantitative estimate of drug-likeness (QED) is 0.590. The molecule has 0 saturated carbocycles. The zero-order valence-electron chi connectivity index (χ0n) is 8.35. The van der Waals surface area contributed by atoms with Gasteiger partial charge in [-0.3, -0.25) is 0 Å². The van der Waals surface area contributed by atoms with Crippen LogP contribution < -0.4 is 0 Å². The molecule has 0 spiro atoms. The van der Waals surface area contributed by atoms with Gasteiger partial charge >= 0.3 is 18.2 Å². The SMILES string of the molecule is CC(C)(C)c1ccccc1.[Cl][Mg][Cl]. The standard InChI is InChI=1S/C10H14.2ClH.Mg/c1-10(2,3)9-7-5-4-6-8-9;;;/h4-8H,1-3H3;2*1H;/q;;;+2/p-2. The van der Waals surface area contributed by atoms with Gasteiger partial charge in [-0.05, 0) is 11.0 Å². The van der Waals surface area contributed by atoms with Crippen LogP contribution in [0.5, 0.6) is 0 Å². The van der Waals surface area contributed by atoms with E-state index in [1.807, 2.05) is 0 Å². The molecular formula is C10H14Cl2Mg. The Labute approximate surface area is 97.9 Å². The monoisotopic (exact) mass is 228 g/mol. The Morgan fingerprint density at radius 3 is 1.62 bits per heavy atom. The van der Waals surface area contributed by atoms with Gasteiger partial charge in [-0.2, -0.15) is 0 Å². The Morgan fingerprint density at radius 1 is 1.00 bits per heavy atom. The summed E-state index contributed by atoms with van der Waals surface area (Å²) in [5.41, 5.74) is 1.69. The minimum atomic E-state index is -0.639. The van der Waals surface area contributed by atoms with Crippen LogP contribution in [0, 0.1) is 0 Å². The van der Waals surface area contributed by atoms with E-state index in [-0.39, 0.29) is 0 Å². The summed E-state index contributed by atoms with van der Waals surface area (Å²) in [6, 6.07) is 10.6. The maximum Gasteiger partial charge on any atom is 0.618 e. The van der Waals surface area contributed by atoms with Gasteiger partial charge < -0.3 is 18.1 Å². The molecule has 0 saturated heterocycles. The first-order valence-corrected chi connectivity index (χ1v) is 8.47. The van der Waals surface area contributed by atoms with Crippen molar-refractivity contribution in [2.24, 2.45) is 0 Å². The largest absolute Gasteiger partial charge is 0.618 e. The first kappa shape index (κ1) is 13.6. The van der Waals surface area contributed by atoms with Crippen LogP contribution in [0.2, 0.25) is 0 Å². The molecule has 0 amide bonds. The number of benzene rings is 1. The highest BCUT2D eigenvalue weighted by atomic mass is 35.6. The average molecular weight is 229 g/mol. The summed E-state index contributed by atoms with van der Waals surface area (Å²) in [4.78, 5) is 0. The van der Waals surface area contributed by atoms with Crippen LogP contribution in [-0.2, 0) is 5.41 Å². The van der Waals surface area contributed by atoms with E-state index in [1.54, 1.807) is 0 Å². The van der Waals surface area contributed by atoms with E-state index in [1.165, 1.54) is 5.56 Å². The highest BCUT2D eigenvalue weighted by Crippen LogP contribution is 2.20. The van der Waals surface area contributed by atoms with Crippen molar-refractivity contribution >= 4 is 36.3 Å². The van der Waals surface area contributed by atoms with E-state index >= 15 is 0 Å². The number of halogens is 2. The lowest BCUT2D eigenvalue weighted by Crippen LogP contribution is -2.10. The molecule has 1 rings (SSSR count). The van der Waals surface area contributed by atoms with Crippen molar-refractivity contribution in [3.8, 4) is 0 Å². The third-order valence-corrected chi connectivity index (χ3v) is 1.64. The normalized spacial score (nSPS) is 9.62. The predicted octanol–water partition coefficient (Wildman–Crippen LogP) is 3.98. The predicted molar refractivity (Wildman–Crippen MR) is 62.6 cm³/mol. The molecule has 3 heteroatoms. The van der Waals surface area contributed by atoms with Crippen LogP contribution in [0.4, 0.5) is 0 Å². The first-order chi connectivity index (χ1) is 6.02. The Bertz CT molecular complexity index is 216. The Hall–Kier alpha value is 0.566. The fraction of sp³-hybridized carbons (Fsp3) is 0.400. The van der Waals surface area contributed by atoms with Crippen LogP contribution in [0.15, 0.2) is 30.3 Å². The van der Waals surface area contributed by atoms with Gasteiger partial charge in [0, 0.05) is 0 Å². The van der Waals surface area contributed by atoms with Crippen LogP contribution in [-0.4, -0.2) is 18.2 Å². The summed E-state index contributed by atoms with van der Waals surface area (Å²) in [7, 11) is 9.81. The smallest absolute Gasteiger partial charge is 0.309 e. The van der Waals surface area contributed by atoms with Gasteiger partial charge in [0.1, 0.15) is 0 Å². The number of hydrogen-bond donors (Lipinski definition) is 0. The molecule has 0 N–H and O–H groups in total. The third kappa shape index (κ3) is 6.61. The zero-order valence-corrected chi connectivity index (χ0v) is 11.3. The molecule has 0 aliphatic heterocycles. The van der Waals surface area contributed by atoms with E-state index in [9.17, 15) is 0 Å². The van der Waals surface area contributed by atoms with Crippen LogP contribution in [0.3, 0.4) is 0 Å². The molecule has 0 heterocycles. The molecule has 0 aliphatic carbocycles. The molecule has 0 nitrogen and oxygen atoms in total. The molecular weight excluding hydrogens is 215 g/mol. The lowest BCUT2D eigenvalue weighted by molar-refractivity contribution is 0.590. The van der Waals surface area contributed by atoms with Crippen molar-refractivity contribution in [3.05, 3.63) is 35.9 Å². The number of rotatable bonds is 0. The van der Waals surface area contributed by atoms with Crippen molar-refractivity contribution in [2.45, 2.75) is 26.2 Å². The van der Waals surface area contributed by atoms with Crippen molar-refractivity contribution in [1.29, 1.82) is 0 Å². The van der Waals surface area contributed by atoms with E-state index in [0.29, 0.717) is 5.41 Å². The molecule has 0 aromatic heterocycles. The Kier molecular flexibility index (Phi) is 7.24. The highest BCUT2D eigenvalue weighted by Gasteiger charge is 2.11. The molecule has 0 radical (unpaired) electrons. The third-order valence-electron chi connectivity index (χ3n) is 1.64. The summed E-state index contributed by atoms with van der Waals surface area (Å²) < 4.78 is 0. The van der Waals surface area contributed by atoms with Crippen molar-refractivity contribution in [3.63, 3.8) is 0 Å². The summed E-state index contributed by atoms with van der Waals surface area (Å²) in [6.45, 7) is 6.67. The maximum absolute atomic E-state index is 4.90. The summed E-state index contributed by atoms with van der Waals surface area (Å²) in [6.07, 6.45) is 0. The molecule has 1 aromatic carbocycles. The minimum Gasteiger partial charge on any atom is -0.309 e. The highest BCUT2D eigenvalue weighted by molar-refractivity contribution is 7.22. The molecule has 0 aliphatic rings. The Balaban J connectivity index is 0.000000424. The van der Waals surface area contributed by atoms with E-state index < -0.39 is 18.2 Å². The second-order valence-electron chi connectivity index (χ2n) is 3.72. The fourth-order valence-corrected chi connectivity index (χ4v) is 0.938. The van der Waals surface area contributed by atoms with Crippen molar-refractivity contribution in [1.82, 2.24) is 0 Å². The maximum atomic E-state index is 4.90. The molecule has 70 valence electrons. The van der Waals surface area contributed by atoms with Gasteiger partial charge in [0.25, 0.3) is 0 Å². The van der Waals surface area contributed by atoms with Crippen molar-refractivity contribution in [2.75, 3.05) is 0 Å². The second kappa shape index (κ2) is 6.94. The molecule has 0 unspecified atom stereocenters. The van der Waals surface area contributed by atoms with Gasteiger partial charge in [0.15, 0.2) is 0 Å². The molecule has 0 atom stereocenters. The summed E-state index contributed by atoms with van der Waals surface area (Å²) in [5.74, 6) is 0. The average Bonchev–Trinajstić information content (AvgIpc) is 2.06. The molecule has 0 fully saturated rings. The molecule has 0 bridgehead atoms. The second-order valence-corrected chi connectivity index (χ2v) is 6.34.